The van der Waals surface area contributed by atoms with Crippen molar-refractivity contribution in [3.63, 3.8) is 0 Å². The summed E-state index contributed by atoms with van der Waals surface area (Å²) in [6, 6.07) is 11.8. The molecule has 148 valence electrons. The third-order valence-corrected chi connectivity index (χ3v) is 5.05. The van der Waals surface area contributed by atoms with Crippen molar-refractivity contribution in [1.82, 2.24) is 4.90 Å². The fourth-order valence-corrected chi connectivity index (χ4v) is 3.44. The molecule has 1 heterocycles. The lowest BCUT2D eigenvalue weighted by Crippen LogP contribution is -2.44. The van der Waals surface area contributed by atoms with E-state index < -0.39 is 4.92 Å². The van der Waals surface area contributed by atoms with Gasteiger partial charge in [-0.2, -0.15) is 0 Å². The Labute approximate surface area is 164 Å². The normalized spacial score (nSPS) is 16.5. The smallest absolute Gasteiger partial charge is 0.270 e. The van der Waals surface area contributed by atoms with Crippen LogP contribution in [0.15, 0.2) is 42.5 Å². The van der Waals surface area contributed by atoms with E-state index in [-0.39, 0.29) is 24.2 Å². The maximum absolute atomic E-state index is 12.6. The topological polar surface area (TPSA) is 81.9 Å². The molecule has 0 saturated carbocycles. The predicted molar refractivity (Wildman–Crippen MR) is 106 cm³/mol. The van der Waals surface area contributed by atoms with Gasteiger partial charge in [-0.05, 0) is 49.9 Å². The molecule has 2 aromatic carbocycles. The maximum atomic E-state index is 12.6. The number of hydrogen-bond acceptors (Lipinski definition) is 5. The van der Waals surface area contributed by atoms with Crippen LogP contribution >= 0.6 is 0 Å². The van der Waals surface area contributed by atoms with Crippen LogP contribution in [-0.2, 0) is 4.79 Å². The van der Waals surface area contributed by atoms with E-state index in [4.69, 9.17) is 9.47 Å². The minimum atomic E-state index is -0.447. The number of nitro benzene ring substituents is 1. The lowest BCUT2D eigenvalue weighted by Gasteiger charge is -2.33. The molecule has 1 aliphatic rings. The maximum Gasteiger partial charge on any atom is 0.270 e. The first kappa shape index (κ1) is 19.7. The zero-order chi connectivity index (χ0) is 20.1. The van der Waals surface area contributed by atoms with Crippen molar-refractivity contribution in [2.24, 2.45) is 0 Å². The molecule has 0 radical (unpaired) electrons. The van der Waals surface area contributed by atoms with E-state index in [2.05, 4.69) is 0 Å². The van der Waals surface area contributed by atoms with Gasteiger partial charge in [0.2, 0.25) is 0 Å². The number of amides is 1. The number of ether oxygens (including phenoxy) is 2. The molecule has 3 rings (SSSR count). The molecule has 0 N–H and O–H groups in total. The SMILES string of the molecule is COc1ccc(-c2cc([N+](=O)[O-])ccc2OCC(=O)N2CCCC[C@H]2C)cc1. The number of rotatable bonds is 6. The fourth-order valence-electron chi connectivity index (χ4n) is 3.44. The highest BCUT2D eigenvalue weighted by molar-refractivity contribution is 5.79. The molecule has 0 aliphatic carbocycles. The van der Waals surface area contributed by atoms with Crippen molar-refractivity contribution in [1.29, 1.82) is 0 Å². The lowest BCUT2D eigenvalue weighted by molar-refractivity contribution is -0.384. The molecule has 1 saturated heterocycles. The molecular formula is C21H24N2O5. The van der Waals surface area contributed by atoms with Crippen LogP contribution in [0.2, 0.25) is 0 Å². The van der Waals surface area contributed by atoms with Gasteiger partial charge in [-0.3, -0.25) is 14.9 Å². The molecular weight excluding hydrogens is 360 g/mol. The van der Waals surface area contributed by atoms with Crippen molar-refractivity contribution >= 4 is 11.6 Å². The Morgan fingerprint density at radius 3 is 2.61 bits per heavy atom. The highest BCUT2D eigenvalue weighted by Gasteiger charge is 2.24. The minimum Gasteiger partial charge on any atom is -0.497 e. The van der Waals surface area contributed by atoms with Crippen LogP contribution in [-0.4, -0.2) is 42.0 Å². The van der Waals surface area contributed by atoms with Crippen LogP contribution in [0.3, 0.4) is 0 Å². The minimum absolute atomic E-state index is 0.0332. The molecule has 1 amide bonds. The third-order valence-electron chi connectivity index (χ3n) is 5.05. The van der Waals surface area contributed by atoms with Crippen LogP contribution in [0.1, 0.15) is 26.2 Å². The highest BCUT2D eigenvalue weighted by Crippen LogP contribution is 2.34. The van der Waals surface area contributed by atoms with Crippen LogP contribution in [0.25, 0.3) is 11.1 Å². The summed E-state index contributed by atoms with van der Waals surface area (Å²) in [5.74, 6) is 1.06. The number of non-ortho nitro benzene ring substituents is 1. The monoisotopic (exact) mass is 384 g/mol. The molecule has 0 unspecified atom stereocenters. The first-order chi connectivity index (χ1) is 13.5. The largest absolute Gasteiger partial charge is 0.497 e. The molecule has 28 heavy (non-hydrogen) atoms. The lowest BCUT2D eigenvalue weighted by atomic mass is 10.0. The fraction of sp³-hybridized carbons (Fsp3) is 0.381. The van der Waals surface area contributed by atoms with E-state index in [1.54, 1.807) is 37.4 Å². The average molecular weight is 384 g/mol. The Balaban J connectivity index is 1.83. The Hall–Kier alpha value is -3.09. The zero-order valence-electron chi connectivity index (χ0n) is 16.1. The van der Waals surface area contributed by atoms with Gasteiger partial charge < -0.3 is 14.4 Å². The number of carbonyl (C=O) groups is 1. The van der Waals surface area contributed by atoms with E-state index in [1.165, 1.54) is 12.1 Å². The Kier molecular flexibility index (Phi) is 6.13. The summed E-state index contributed by atoms with van der Waals surface area (Å²) in [5, 5.41) is 11.2. The number of likely N-dealkylation sites (tertiary alicyclic amines) is 1. The van der Waals surface area contributed by atoms with Gasteiger partial charge in [0.25, 0.3) is 11.6 Å². The first-order valence-electron chi connectivity index (χ1n) is 9.34. The molecule has 7 nitrogen and oxygen atoms in total. The molecule has 1 aliphatic heterocycles. The first-order valence-corrected chi connectivity index (χ1v) is 9.34. The van der Waals surface area contributed by atoms with Crippen LogP contribution < -0.4 is 9.47 Å². The van der Waals surface area contributed by atoms with Crippen molar-refractivity contribution < 1.29 is 19.2 Å². The number of benzene rings is 2. The molecule has 0 aromatic heterocycles. The van der Waals surface area contributed by atoms with Gasteiger partial charge in [-0.15, -0.1) is 0 Å². The summed E-state index contributed by atoms with van der Waals surface area (Å²) in [6.07, 6.45) is 3.14. The quantitative estimate of drug-likeness (QED) is 0.554. The Morgan fingerprint density at radius 1 is 1.21 bits per heavy atom. The van der Waals surface area contributed by atoms with Crippen LogP contribution in [0, 0.1) is 10.1 Å². The molecule has 1 atom stereocenters. The summed E-state index contributed by atoms with van der Waals surface area (Å²) in [5.41, 5.74) is 1.28. The summed E-state index contributed by atoms with van der Waals surface area (Å²) < 4.78 is 11.0. The van der Waals surface area contributed by atoms with Gasteiger partial charge >= 0.3 is 0 Å². The van der Waals surface area contributed by atoms with Crippen molar-refractivity contribution in [2.75, 3.05) is 20.3 Å². The predicted octanol–water partition coefficient (Wildman–Crippen LogP) is 4.05. The Bertz CT molecular complexity index is 850. The number of nitrogens with zero attached hydrogens (tertiary/aromatic N) is 2. The van der Waals surface area contributed by atoms with Gasteiger partial charge in [0, 0.05) is 30.3 Å². The Morgan fingerprint density at radius 2 is 1.96 bits per heavy atom. The van der Waals surface area contributed by atoms with E-state index in [1.807, 2.05) is 11.8 Å². The van der Waals surface area contributed by atoms with Crippen molar-refractivity contribution in [2.45, 2.75) is 32.2 Å². The molecule has 0 spiro atoms. The van der Waals surface area contributed by atoms with Gasteiger partial charge in [0.1, 0.15) is 11.5 Å². The third kappa shape index (κ3) is 4.42. The van der Waals surface area contributed by atoms with Crippen LogP contribution in [0.5, 0.6) is 11.5 Å². The molecule has 1 fully saturated rings. The van der Waals surface area contributed by atoms with E-state index >= 15 is 0 Å². The standard InChI is InChI=1S/C21H24N2O5/c1-15-5-3-4-12-22(15)21(24)14-28-20-11-8-17(23(25)26)13-19(20)16-6-9-18(27-2)10-7-16/h6-11,13,15H,3-5,12,14H2,1-2H3/t15-/m1/s1. The number of carbonyl (C=O) groups excluding carboxylic acids is 1. The summed E-state index contributed by atoms with van der Waals surface area (Å²) in [6.45, 7) is 2.70. The molecule has 7 heteroatoms. The van der Waals surface area contributed by atoms with Gasteiger partial charge in [-0.1, -0.05) is 12.1 Å². The highest BCUT2D eigenvalue weighted by atomic mass is 16.6. The van der Waals surface area contributed by atoms with Crippen molar-refractivity contribution in [3.05, 3.63) is 52.6 Å². The second-order valence-corrected chi connectivity index (χ2v) is 6.89. The van der Waals surface area contributed by atoms with Gasteiger partial charge in [0.05, 0.1) is 12.0 Å². The van der Waals surface area contributed by atoms with E-state index in [9.17, 15) is 14.9 Å². The summed E-state index contributed by atoms with van der Waals surface area (Å²) >= 11 is 0. The average Bonchev–Trinajstić information content (AvgIpc) is 2.72. The summed E-state index contributed by atoms with van der Waals surface area (Å²) in [7, 11) is 1.57. The number of methoxy groups -OCH3 is 1. The molecule has 0 bridgehead atoms. The van der Waals surface area contributed by atoms with E-state index in [0.29, 0.717) is 17.1 Å². The summed E-state index contributed by atoms with van der Waals surface area (Å²) in [4.78, 5) is 25.2. The van der Waals surface area contributed by atoms with Crippen molar-refractivity contribution in [3.8, 4) is 22.6 Å². The van der Waals surface area contributed by atoms with Crippen LogP contribution in [0.4, 0.5) is 5.69 Å². The number of piperidine rings is 1. The number of nitro groups is 1. The van der Waals surface area contributed by atoms with Gasteiger partial charge in [0.15, 0.2) is 6.61 Å². The second-order valence-electron chi connectivity index (χ2n) is 6.89. The zero-order valence-corrected chi connectivity index (χ0v) is 16.1. The van der Waals surface area contributed by atoms with E-state index in [0.717, 1.165) is 31.4 Å². The molecule has 2 aromatic rings. The number of hydrogen-bond donors (Lipinski definition) is 0. The van der Waals surface area contributed by atoms with Gasteiger partial charge in [-0.25, -0.2) is 0 Å². The second kappa shape index (κ2) is 8.73.